The van der Waals surface area contributed by atoms with E-state index in [4.69, 9.17) is 15.0 Å². The molecule has 2 aliphatic rings. The minimum absolute atomic E-state index is 0.330. The predicted molar refractivity (Wildman–Crippen MR) is 112 cm³/mol. The number of nitrogens with zero attached hydrogens (tertiary/aromatic N) is 5. The number of hydrogen-bond acceptors (Lipinski definition) is 5. The maximum absolute atomic E-state index is 9.04. The zero-order valence-electron chi connectivity index (χ0n) is 17.0. The van der Waals surface area contributed by atoms with Gasteiger partial charge < -0.3 is 14.3 Å². The number of ether oxygens (including phenoxy) is 1. The third-order valence-electron chi connectivity index (χ3n) is 6.72. The molecule has 7 nitrogen and oxygen atoms in total. The van der Waals surface area contributed by atoms with Crippen molar-refractivity contribution in [2.24, 2.45) is 0 Å². The molecule has 0 spiro atoms. The number of likely N-dealkylation sites (tertiary alicyclic amines) is 1. The van der Waals surface area contributed by atoms with Crippen molar-refractivity contribution in [1.29, 1.82) is 5.26 Å². The molecule has 152 valence electrons. The largest absolute Gasteiger partial charge is 0.381 e. The van der Waals surface area contributed by atoms with Crippen molar-refractivity contribution < 1.29 is 4.74 Å². The van der Waals surface area contributed by atoms with Crippen molar-refractivity contribution in [2.45, 2.75) is 57.0 Å². The molecule has 0 aromatic carbocycles. The average molecular weight is 393 g/mol. The normalized spacial score (nSPS) is 21.0. The van der Waals surface area contributed by atoms with Crippen molar-refractivity contribution in [2.75, 3.05) is 26.3 Å². The second kappa shape index (κ2) is 7.77. The van der Waals surface area contributed by atoms with Gasteiger partial charge in [-0.25, -0.2) is 9.97 Å². The van der Waals surface area contributed by atoms with Gasteiger partial charge in [-0.3, -0.25) is 4.90 Å². The number of H-pyrrole nitrogens is 1. The molecule has 1 N–H and O–H groups in total. The maximum atomic E-state index is 9.04. The molecule has 2 fully saturated rings. The minimum Gasteiger partial charge on any atom is -0.381 e. The maximum Gasteiger partial charge on any atom is 0.139 e. The summed E-state index contributed by atoms with van der Waals surface area (Å²) in [5, 5.41) is 10.2. The van der Waals surface area contributed by atoms with Crippen LogP contribution in [-0.4, -0.2) is 56.8 Å². The number of nitriles is 1. The highest BCUT2D eigenvalue weighted by atomic mass is 16.5. The number of piperidine rings is 1. The van der Waals surface area contributed by atoms with E-state index in [9.17, 15) is 0 Å². The van der Waals surface area contributed by atoms with Gasteiger partial charge in [-0.05, 0) is 38.7 Å². The van der Waals surface area contributed by atoms with Crippen LogP contribution in [0.25, 0.3) is 22.1 Å². The summed E-state index contributed by atoms with van der Waals surface area (Å²) in [7, 11) is 0. The van der Waals surface area contributed by atoms with Crippen molar-refractivity contribution in [3.8, 4) is 6.07 Å². The summed E-state index contributed by atoms with van der Waals surface area (Å²) in [6, 6.07) is 5.21. The molecule has 0 amide bonds. The molecule has 7 heteroatoms. The molecule has 0 saturated carbocycles. The van der Waals surface area contributed by atoms with E-state index in [1.54, 1.807) is 0 Å². The number of pyridine rings is 1. The Morgan fingerprint density at radius 3 is 2.83 bits per heavy atom. The molecule has 2 aliphatic heterocycles. The second-order valence-corrected chi connectivity index (χ2v) is 8.44. The minimum atomic E-state index is 0.330. The predicted octanol–water partition coefficient (Wildman–Crippen LogP) is 3.75. The standard InChI is InChI=1S/C22H28N6O/c1-15(2-8-23)27-10-4-17(5-11-27)28-20-18-3-9-24-21(18)25-14-19(20)26-22(28)16-6-12-29-13-7-16/h3,9,14-17H,2,4-7,10-13H2,1H3,(H,24,25). The molecule has 3 aromatic rings. The van der Waals surface area contributed by atoms with E-state index in [1.807, 2.05) is 12.4 Å². The van der Waals surface area contributed by atoms with Gasteiger partial charge in [0.1, 0.15) is 17.0 Å². The molecular formula is C22H28N6O. The molecule has 0 aliphatic carbocycles. The van der Waals surface area contributed by atoms with Crippen LogP contribution in [0.5, 0.6) is 0 Å². The molecule has 29 heavy (non-hydrogen) atoms. The Balaban J connectivity index is 1.54. The van der Waals surface area contributed by atoms with Crippen LogP contribution in [-0.2, 0) is 4.74 Å². The van der Waals surface area contributed by atoms with E-state index in [1.165, 1.54) is 11.3 Å². The summed E-state index contributed by atoms with van der Waals surface area (Å²) < 4.78 is 8.15. The first-order valence-corrected chi connectivity index (χ1v) is 10.8. The lowest BCUT2D eigenvalue weighted by molar-refractivity contribution is 0.0814. The summed E-state index contributed by atoms with van der Waals surface area (Å²) in [6.45, 7) is 5.85. The summed E-state index contributed by atoms with van der Waals surface area (Å²) in [5.41, 5.74) is 3.15. The van der Waals surface area contributed by atoms with Gasteiger partial charge in [0.25, 0.3) is 0 Å². The van der Waals surface area contributed by atoms with E-state index in [0.717, 1.165) is 68.5 Å². The summed E-state index contributed by atoms with van der Waals surface area (Å²) in [5.74, 6) is 1.66. The Kier molecular flexibility index (Phi) is 4.98. The van der Waals surface area contributed by atoms with Crippen LogP contribution in [0.4, 0.5) is 0 Å². The van der Waals surface area contributed by atoms with Crippen molar-refractivity contribution in [1.82, 2.24) is 24.4 Å². The lowest BCUT2D eigenvalue weighted by Gasteiger charge is -2.37. The number of aromatic nitrogens is 4. The number of nitrogens with one attached hydrogen (secondary N) is 1. The van der Waals surface area contributed by atoms with Crippen molar-refractivity contribution in [3.05, 3.63) is 24.3 Å². The number of imidazole rings is 1. The average Bonchev–Trinajstić information content (AvgIpc) is 3.39. The molecule has 0 bridgehead atoms. The van der Waals surface area contributed by atoms with Crippen molar-refractivity contribution in [3.63, 3.8) is 0 Å². The second-order valence-electron chi connectivity index (χ2n) is 8.44. The van der Waals surface area contributed by atoms with Crippen LogP contribution < -0.4 is 0 Å². The van der Waals surface area contributed by atoms with Crippen LogP contribution in [0.3, 0.4) is 0 Å². The lowest BCUT2D eigenvalue weighted by Crippen LogP contribution is -2.40. The van der Waals surface area contributed by atoms with Gasteiger partial charge >= 0.3 is 0 Å². The Bertz CT molecular complexity index is 1030. The molecule has 2 saturated heterocycles. The molecule has 3 aromatic heterocycles. The molecule has 1 unspecified atom stereocenters. The van der Waals surface area contributed by atoms with Crippen molar-refractivity contribution >= 4 is 22.1 Å². The van der Waals surface area contributed by atoms with E-state index in [2.05, 4.69) is 38.5 Å². The monoisotopic (exact) mass is 392 g/mol. The zero-order chi connectivity index (χ0) is 19.8. The topological polar surface area (TPSA) is 82.8 Å². The van der Waals surface area contributed by atoms with Crippen LogP contribution in [0.1, 0.15) is 56.8 Å². The fraction of sp³-hybridized carbons (Fsp3) is 0.591. The highest BCUT2D eigenvalue weighted by Gasteiger charge is 2.30. The smallest absolute Gasteiger partial charge is 0.139 e. The number of aromatic amines is 1. The fourth-order valence-electron chi connectivity index (χ4n) is 5.07. The van der Waals surface area contributed by atoms with E-state index in [-0.39, 0.29) is 0 Å². The van der Waals surface area contributed by atoms with Gasteiger partial charge in [-0.2, -0.15) is 5.26 Å². The highest BCUT2D eigenvalue weighted by Crippen LogP contribution is 2.37. The Labute approximate surface area is 170 Å². The molecule has 1 atom stereocenters. The summed E-state index contributed by atoms with van der Waals surface area (Å²) in [4.78, 5) is 15.4. The Morgan fingerprint density at radius 2 is 2.07 bits per heavy atom. The quantitative estimate of drug-likeness (QED) is 0.731. The number of hydrogen-bond donors (Lipinski definition) is 1. The highest BCUT2D eigenvalue weighted by molar-refractivity contribution is 6.01. The summed E-state index contributed by atoms with van der Waals surface area (Å²) >= 11 is 0. The molecule has 5 heterocycles. The van der Waals surface area contributed by atoms with Crippen LogP contribution in [0.2, 0.25) is 0 Å². The number of fused-ring (bicyclic) bond motifs is 3. The molecule has 5 rings (SSSR count). The fourth-order valence-corrected chi connectivity index (χ4v) is 5.07. The van der Waals surface area contributed by atoms with Crippen LogP contribution in [0, 0.1) is 11.3 Å². The first-order chi connectivity index (χ1) is 14.3. The van der Waals surface area contributed by atoms with Gasteiger partial charge in [0.2, 0.25) is 0 Å². The lowest BCUT2D eigenvalue weighted by atomic mass is 9.97. The van der Waals surface area contributed by atoms with Gasteiger partial charge in [0, 0.05) is 55.9 Å². The molecule has 0 radical (unpaired) electrons. The van der Waals surface area contributed by atoms with Gasteiger partial charge in [0.15, 0.2) is 0 Å². The van der Waals surface area contributed by atoms with E-state index in [0.29, 0.717) is 24.4 Å². The third-order valence-corrected chi connectivity index (χ3v) is 6.72. The zero-order valence-corrected chi connectivity index (χ0v) is 17.0. The van der Waals surface area contributed by atoms with Gasteiger partial charge in [0.05, 0.1) is 24.2 Å². The first-order valence-electron chi connectivity index (χ1n) is 10.8. The Hall–Kier alpha value is -2.43. The van der Waals surface area contributed by atoms with E-state index < -0.39 is 0 Å². The van der Waals surface area contributed by atoms with Crippen LogP contribution in [0.15, 0.2) is 18.5 Å². The summed E-state index contributed by atoms with van der Waals surface area (Å²) in [6.07, 6.45) is 8.72. The van der Waals surface area contributed by atoms with Gasteiger partial charge in [-0.1, -0.05) is 0 Å². The number of rotatable bonds is 4. The SMILES string of the molecule is CC(CC#N)N1CCC(n2c(C3CCOCC3)nc3cnc4[nH]ccc4c32)CC1. The third kappa shape index (κ3) is 3.30. The first kappa shape index (κ1) is 18.6. The Morgan fingerprint density at radius 1 is 1.28 bits per heavy atom. The van der Waals surface area contributed by atoms with E-state index >= 15 is 0 Å². The van der Waals surface area contributed by atoms with Gasteiger partial charge in [-0.15, -0.1) is 0 Å². The van der Waals surface area contributed by atoms with Crippen LogP contribution >= 0.6 is 0 Å². The molecular weight excluding hydrogens is 364 g/mol.